The molecule has 14 nitrogen and oxygen atoms in total. The number of aromatic nitrogens is 1. The molecule has 3 N–H and O–H groups in total. The predicted octanol–water partition coefficient (Wildman–Crippen LogP) is -3.37. The van der Waals surface area contributed by atoms with Crippen LogP contribution in [0.15, 0.2) is 10.5 Å². The van der Waals surface area contributed by atoms with Crippen molar-refractivity contribution in [2.45, 2.75) is 31.8 Å². The quantitative estimate of drug-likeness (QED) is 0.0366. The summed E-state index contributed by atoms with van der Waals surface area (Å²) < 4.78 is 36.3. The number of hydrogen-bond donors (Lipinski definition) is 3. The van der Waals surface area contributed by atoms with E-state index < -0.39 is 51.8 Å². The number of thiazole rings is 1. The van der Waals surface area contributed by atoms with Crippen LogP contribution in [0.5, 0.6) is 0 Å². The summed E-state index contributed by atoms with van der Waals surface area (Å²) in [5.74, 6) is -4.34. The van der Waals surface area contributed by atoms with Gasteiger partial charge in [0.2, 0.25) is 5.91 Å². The van der Waals surface area contributed by atoms with Gasteiger partial charge in [0.1, 0.15) is 24.2 Å². The largest absolute Gasteiger partial charge is 1.00 e. The SMILES string of the molecule is CCCCO/N=C(\C(=O)NC1C(=O)N(S(=O)(=O)O)C1C(=O)OC)c1csc(NC(=O)CCl)n1.[H-].[Na+]. The maximum absolute atomic E-state index is 12.9. The summed E-state index contributed by atoms with van der Waals surface area (Å²) in [5.41, 5.74) is -0.442. The number of nitrogens with zero attached hydrogens (tertiary/aromatic N) is 3. The van der Waals surface area contributed by atoms with E-state index in [9.17, 15) is 32.1 Å². The normalized spacial score (nSPS) is 17.8. The maximum Gasteiger partial charge on any atom is 1.00 e. The van der Waals surface area contributed by atoms with E-state index in [4.69, 9.17) is 16.4 Å². The van der Waals surface area contributed by atoms with E-state index in [1.165, 1.54) is 5.38 Å². The number of esters is 1. The molecule has 0 bridgehead atoms. The van der Waals surface area contributed by atoms with Crippen molar-refractivity contribution in [1.29, 1.82) is 0 Å². The van der Waals surface area contributed by atoms with Crippen LogP contribution in [0.1, 0.15) is 26.9 Å². The zero-order valence-electron chi connectivity index (χ0n) is 19.3. The first kappa shape index (κ1) is 30.2. The maximum atomic E-state index is 12.9. The third kappa shape index (κ3) is 7.34. The number of carbonyl (C=O) groups excluding carboxylic acids is 4. The molecule has 0 spiro atoms. The van der Waals surface area contributed by atoms with Gasteiger partial charge in [-0.25, -0.2) is 9.78 Å². The van der Waals surface area contributed by atoms with E-state index >= 15 is 0 Å². The molecule has 184 valence electrons. The van der Waals surface area contributed by atoms with Gasteiger partial charge in [-0.05, 0) is 6.42 Å². The second-order valence-electron chi connectivity index (χ2n) is 6.38. The molecule has 0 radical (unpaired) electrons. The van der Waals surface area contributed by atoms with Crippen molar-refractivity contribution in [2.24, 2.45) is 5.16 Å². The summed E-state index contributed by atoms with van der Waals surface area (Å²) in [6.45, 7) is 2.07. The van der Waals surface area contributed by atoms with E-state index in [-0.39, 0.29) is 58.6 Å². The summed E-state index contributed by atoms with van der Waals surface area (Å²) in [6, 6.07) is -3.49. The molecule has 2 rings (SSSR count). The molecule has 34 heavy (non-hydrogen) atoms. The van der Waals surface area contributed by atoms with Crippen molar-refractivity contribution in [3.63, 3.8) is 0 Å². The molecule has 0 aromatic carbocycles. The molecule has 18 heteroatoms. The topological polar surface area (TPSA) is 194 Å². The number of unbranched alkanes of at least 4 members (excludes halogenated alkanes) is 1. The van der Waals surface area contributed by atoms with Crippen LogP contribution in [-0.2, 0) is 39.1 Å². The Labute approximate surface area is 227 Å². The fourth-order valence-corrected chi connectivity index (χ4v) is 4.15. The van der Waals surface area contributed by atoms with E-state index in [1.54, 1.807) is 0 Å². The zero-order valence-corrected chi connectivity index (χ0v) is 22.7. The Hall–Kier alpha value is -1.82. The molecule has 1 aromatic rings. The second kappa shape index (κ2) is 13.3. The number of rotatable bonds is 11. The fourth-order valence-electron chi connectivity index (χ4n) is 2.54. The van der Waals surface area contributed by atoms with Gasteiger partial charge in [0.15, 0.2) is 16.9 Å². The van der Waals surface area contributed by atoms with Crippen LogP contribution in [0.25, 0.3) is 0 Å². The summed E-state index contributed by atoms with van der Waals surface area (Å²) in [4.78, 5) is 57.6. The Morgan fingerprint density at radius 3 is 2.65 bits per heavy atom. The van der Waals surface area contributed by atoms with Crippen LogP contribution in [0.3, 0.4) is 0 Å². The van der Waals surface area contributed by atoms with Crippen molar-refractivity contribution in [1.82, 2.24) is 14.6 Å². The molecular weight excluding hydrogens is 529 g/mol. The minimum atomic E-state index is -5.08. The summed E-state index contributed by atoms with van der Waals surface area (Å²) in [6.07, 6.45) is 1.41. The first-order valence-electron chi connectivity index (χ1n) is 9.26. The molecule has 1 aliphatic heterocycles. The Morgan fingerprint density at radius 2 is 2.09 bits per heavy atom. The van der Waals surface area contributed by atoms with Gasteiger partial charge in [0.25, 0.3) is 11.8 Å². The van der Waals surface area contributed by atoms with Crippen molar-refractivity contribution < 1.29 is 72.7 Å². The molecular formula is C16H21ClN5NaO9S2. The number of alkyl halides is 1. The van der Waals surface area contributed by atoms with Gasteiger partial charge in [-0.2, -0.15) is 12.7 Å². The first-order valence-corrected chi connectivity index (χ1v) is 12.1. The van der Waals surface area contributed by atoms with E-state index in [0.717, 1.165) is 24.9 Å². The van der Waals surface area contributed by atoms with Gasteiger partial charge in [0.05, 0.1) is 7.11 Å². The minimum Gasteiger partial charge on any atom is -1.00 e. The molecule has 1 fully saturated rings. The van der Waals surface area contributed by atoms with Crippen molar-refractivity contribution >= 4 is 67.8 Å². The number of methoxy groups -OCH3 is 1. The Bertz CT molecular complexity index is 1070. The van der Waals surface area contributed by atoms with E-state index in [2.05, 4.69) is 25.5 Å². The molecule has 2 heterocycles. The number of amides is 3. The number of anilines is 1. The number of ether oxygens (including phenoxy) is 1. The Morgan fingerprint density at radius 1 is 1.41 bits per heavy atom. The summed E-state index contributed by atoms with van der Waals surface area (Å²) >= 11 is 6.39. The molecule has 1 aliphatic rings. The Balaban J connectivity index is 0.00000578. The molecule has 2 atom stereocenters. The number of halogens is 1. The first-order chi connectivity index (χ1) is 15.5. The summed E-state index contributed by atoms with van der Waals surface area (Å²) in [5, 5.41) is 9.79. The van der Waals surface area contributed by atoms with Crippen molar-refractivity contribution in [3.8, 4) is 0 Å². The monoisotopic (exact) mass is 549 g/mol. The number of oxime groups is 1. The Kier molecular flexibility index (Phi) is 11.8. The van der Waals surface area contributed by atoms with Crippen molar-refractivity contribution in [3.05, 3.63) is 11.1 Å². The number of β-lactam (4-membered cyclic amide) rings is 1. The average Bonchev–Trinajstić information content (AvgIpc) is 3.21. The standard InChI is InChI=1S/C16H20ClN5O9S2.Na.H/c1-3-4-5-31-21-10(8-7-32-16(18-8)19-9(23)6-17)13(24)20-11-12(15(26)30-2)22(14(11)25)33(27,28)29;;/h7,11-12H,3-6H2,1-2H3,(H,20,24)(H,18,19,23)(H,27,28,29);;/q;+1;-1/b21-10-;;. The van der Waals surface area contributed by atoms with Gasteiger partial charge >= 0.3 is 45.8 Å². The molecule has 3 amide bonds. The van der Waals surface area contributed by atoms with Gasteiger partial charge in [-0.1, -0.05) is 18.5 Å². The van der Waals surface area contributed by atoms with Gasteiger partial charge in [-0.3, -0.25) is 18.9 Å². The molecule has 1 aromatic heterocycles. The van der Waals surface area contributed by atoms with Crippen LogP contribution >= 0.6 is 22.9 Å². The van der Waals surface area contributed by atoms with Crippen LogP contribution in [0, 0.1) is 0 Å². The second-order valence-corrected chi connectivity index (χ2v) is 8.79. The van der Waals surface area contributed by atoms with Crippen LogP contribution in [-0.4, -0.2) is 83.3 Å². The number of hydrogen-bond acceptors (Lipinski definition) is 11. The predicted molar refractivity (Wildman–Crippen MR) is 116 cm³/mol. The van der Waals surface area contributed by atoms with Crippen LogP contribution in [0.4, 0.5) is 5.13 Å². The molecule has 1 saturated heterocycles. The van der Waals surface area contributed by atoms with Crippen LogP contribution in [0.2, 0.25) is 0 Å². The third-order valence-electron chi connectivity index (χ3n) is 4.10. The number of carbonyl (C=O) groups is 4. The zero-order chi connectivity index (χ0) is 24.8. The fraction of sp³-hybridized carbons (Fsp3) is 0.500. The molecule has 2 unspecified atom stereocenters. The van der Waals surface area contributed by atoms with Crippen molar-refractivity contribution in [2.75, 3.05) is 24.9 Å². The number of nitrogens with one attached hydrogen (secondary N) is 2. The third-order valence-corrected chi connectivity index (χ3v) is 6.01. The van der Waals surface area contributed by atoms with Crippen LogP contribution < -0.4 is 40.2 Å². The van der Waals surface area contributed by atoms with Gasteiger partial charge in [0, 0.05) is 5.38 Å². The van der Waals surface area contributed by atoms with E-state index in [0.29, 0.717) is 6.42 Å². The smallest absolute Gasteiger partial charge is 1.00 e. The van der Waals surface area contributed by atoms with Gasteiger partial charge in [-0.15, -0.1) is 22.9 Å². The molecule has 0 saturated carbocycles. The van der Waals surface area contributed by atoms with Gasteiger partial charge < -0.3 is 21.6 Å². The minimum absolute atomic E-state index is 0. The van der Waals surface area contributed by atoms with E-state index in [1.807, 2.05) is 6.92 Å². The molecule has 0 aliphatic carbocycles. The average molecular weight is 550 g/mol. The summed E-state index contributed by atoms with van der Waals surface area (Å²) in [7, 11) is -4.14.